The van der Waals surface area contributed by atoms with Gasteiger partial charge in [-0.05, 0) is 56.7 Å². The molecule has 3 rings (SSSR count). The highest BCUT2D eigenvalue weighted by molar-refractivity contribution is 14.0. The monoisotopic (exact) mass is 545 g/mol. The van der Waals surface area contributed by atoms with Crippen molar-refractivity contribution in [3.8, 4) is 0 Å². The fraction of sp³-hybridized carbons (Fsp3) is 0.652. The molecule has 1 aromatic carbocycles. The smallest absolute Gasteiger partial charge is 0.234 e. The third kappa shape index (κ3) is 7.89. The number of halogens is 2. The summed E-state index contributed by atoms with van der Waals surface area (Å²) in [5.41, 5.74) is 1.04. The van der Waals surface area contributed by atoms with Gasteiger partial charge in [0.15, 0.2) is 5.96 Å². The van der Waals surface area contributed by atoms with Gasteiger partial charge in [0.1, 0.15) is 5.82 Å². The van der Waals surface area contributed by atoms with Crippen molar-refractivity contribution in [3.05, 3.63) is 35.6 Å². The maximum atomic E-state index is 13.6. The quantitative estimate of drug-likeness (QED) is 0.254. The zero-order chi connectivity index (χ0) is 21.4. The highest BCUT2D eigenvalue weighted by atomic mass is 127. The van der Waals surface area contributed by atoms with Gasteiger partial charge in [0.05, 0.1) is 13.1 Å². The minimum atomic E-state index is -0.178. The minimum absolute atomic E-state index is 0. The van der Waals surface area contributed by atoms with Crippen molar-refractivity contribution in [1.29, 1.82) is 0 Å². The van der Waals surface area contributed by atoms with Crippen LogP contribution in [0, 0.1) is 5.82 Å². The second-order valence-electron chi connectivity index (χ2n) is 8.53. The Balaban J connectivity index is 0.00000341. The van der Waals surface area contributed by atoms with Gasteiger partial charge in [-0.15, -0.1) is 24.0 Å². The third-order valence-electron chi connectivity index (χ3n) is 6.04. The van der Waals surface area contributed by atoms with E-state index in [1.807, 2.05) is 6.07 Å². The van der Waals surface area contributed by atoms with Gasteiger partial charge in [-0.3, -0.25) is 14.7 Å². The van der Waals surface area contributed by atoms with E-state index in [0.717, 1.165) is 69.8 Å². The Hall–Kier alpha value is -1.42. The van der Waals surface area contributed by atoms with Crippen LogP contribution in [-0.4, -0.2) is 62.1 Å². The predicted octanol–water partition coefficient (Wildman–Crippen LogP) is 3.02. The highest BCUT2D eigenvalue weighted by Crippen LogP contribution is 2.48. The average molecular weight is 545 g/mol. The second-order valence-corrected chi connectivity index (χ2v) is 8.53. The Labute approximate surface area is 202 Å². The largest absolute Gasteiger partial charge is 0.357 e. The summed E-state index contributed by atoms with van der Waals surface area (Å²) < 4.78 is 13.6. The fourth-order valence-electron chi connectivity index (χ4n) is 4.01. The molecule has 2 fully saturated rings. The number of carbonyl (C=O) groups is 1. The topological polar surface area (TPSA) is 68.8 Å². The van der Waals surface area contributed by atoms with E-state index >= 15 is 0 Å². The molecule has 2 aliphatic rings. The first kappa shape index (κ1) is 25.8. The molecule has 1 saturated carbocycles. The number of nitrogens with one attached hydrogen (secondary N) is 3. The number of nitrogens with zero attached hydrogens (tertiary/aromatic N) is 2. The Bertz CT molecular complexity index is 732. The normalized spacial score (nSPS) is 18.7. The van der Waals surface area contributed by atoms with Crippen LogP contribution in [0.5, 0.6) is 0 Å². The van der Waals surface area contributed by atoms with E-state index in [1.54, 1.807) is 12.1 Å². The molecule has 1 aliphatic heterocycles. The van der Waals surface area contributed by atoms with Crippen LogP contribution in [0.1, 0.15) is 51.5 Å². The van der Waals surface area contributed by atoms with Gasteiger partial charge < -0.3 is 16.0 Å². The zero-order valence-electron chi connectivity index (χ0n) is 18.8. The SMILES string of the molecule is CCCNC(=O)CN1CCC(NC(=NCC2(c3cccc(F)c3)CC2)NCC)CC1.I. The lowest BCUT2D eigenvalue weighted by Gasteiger charge is -2.32. The lowest BCUT2D eigenvalue weighted by molar-refractivity contribution is -0.122. The molecular weight excluding hydrogens is 508 g/mol. The molecule has 6 nitrogen and oxygen atoms in total. The molecular formula is C23H37FIN5O. The molecule has 0 radical (unpaired) electrons. The van der Waals surface area contributed by atoms with E-state index in [9.17, 15) is 9.18 Å². The van der Waals surface area contributed by atoms with Gasteiger partial charge in [0.25, 0.3) is 0 Å². The summed E-state index contributed by atoms with van der Waals surface area (Å²) in [6.07, 6.45) is 5.04. The van der Waals surface area contributed by atoms with Crippen molar-refractivity contribution >= 4 is 35.8 Å². The number of amides is 1. The number of hydrogen-bond acceptors (Lipinski definition) is 3. The molecule has 3 N–H and O–H groups in total. The lowest BCUT2D eigenvalue weighted by atomic mass is 9.96. The van der Waals surface area contributed by atoms with Gasteiger partial charge in [-0.1, -0.05) is 19.1 Å². The summed E-state index contributed by atoms with van der Waals surface area (Å²) in [6, 6.07) is 7.29. The van der Waals surface area contributed by atoms with Gasteiger partial charge in [0, 0.05) is 37.6 Å². The second kappa shape index (κ2) is 12.6. The minimum Gasteiger partial charge on any atom is -0.357 e. The van der Waals surface area contributed by atoms with E-state index in [0.29, 0.717) is 19.1 Å². The van der Waals surface area contributed by atoms with Gasteiger partial charge >= 0.3 is 0 Å². The number of guanidine groups is 1. The number of rotatable bonds is 9. The van der Waals surface area contributed by atoms with Crippen molar-refractivity contribution < 1.29 is 9.18 Å². The van der Waals surface area contributed by atoms with E-state index in [4.69, 9.17) is 4.99 Å². The molecule has 1 aromatic rings. The van der Waals surface area contributed by atoms with E-state index in [-0.39, 0.29) is 41.1 Å². The van der Waals surface area contributed by atoms with E-state index in [1.165, 1.54) is 6.07 Å². The Kier molecular flexibility index (Phi) is 10.5. The summed E-state index contributed by atoms with van der Waals surface area (Å²) in [5, 5.41) is 9.86. The van der Waals surface area contributed by atoms with Crippen LogP contribution in [-0.2, 0) is 10.2 Å². The number of aliphatic imine (C=N–C) groups is 1. The Morgan fingerprint density at radius 2 is 1.97 bits per heavy atom. The molecule has 1 saturated heterocycles. The molecule has 1 heterocycles. The van der Waals surface area contributed by atoms with Crippen molar-refractivity contribution in [3.63, 3.8) is 0 Å². The molecule has 0 bridgehead atoms. The van der Waals surface area contributed by atoms with Crippen molar-refractivity contribution in [2.45, 2.75) is 57.4 Å². The van der Waals surface area contributed by atoms with E-state index < -0.39 is 0 Å². The molecule has 31 heavy (non-hydrogen) atoms. The maximum Gasteiger partial charge on any atom is 0.234 e. The highest BCUT2D eigenvalue weighted by Gasteiger charge is 2.44. The Morgan fingerprint density at radius 3 is 2.58 bits per heavy atom. The number of piperidine rings is 1. The number of hydrogen-bond donors (Lipinski definition) is 3. The van der Waals surface area contributed by atoms with Gasteiger partial charge in [-0.25, -0.2) is 4.39 Å². The van der Waals surface area contributed by atoms with Crippen LogP contribution in [0.25, 0.3) is 0 Å². The lowest BCUT2D eigenvalue weighted by Crippen LogP contribution is -2.50. The number of carbonyl (C=O) groups excluding carboxylic acids is 1. The van der Waals surface area contributed by atoms with Crippen LogP contribution in [0.4, 0.5) is 4.39 Å². The van der Waals surface area contributed by atoms with Gasteiger partial charge in [0.2, 0.25) is 5.91 Å². The molecule has 0 spiro atoms. The number of benzene rings is 1. The molecule has 0 atom stereocenters. The summed E-state index contributed by atoms with van der Waals surface area (Å²) in [7, 11) is 0. The standard InChI is InChI=1S/C23H36FN5O.HI/c1-3-12-26-21(30)16-29-13-8-20(9-14-29)28-22(25-4-2)27-17-23(10-11-23)18-6-5-7-19(24)15-18;/h5-7,15,20H,3-4,8-14,16-17H2,1-2H3,(H,26,30)(H2,25,27,28);1H. The molecule has 1 amide bonds. The Morgan fingerprint density at radius 1 is 1.23 bits per heavy atom. The first-order valence-electron chi connectivity index (χ1n) is 11.3. The molecule has 1 aliphatic carbocycles. The van der Waals surface area contributed by atoms with Gasteiger partial charge in [-0.2, -0.15) is 0 Å². The average Bonchev–Trinajstić information content (AvgIpc) is 3.53. The molecule has 0 unspecified atom stereocenters. The summed E-state index contributed by atoms with van der Waals surface area (Å²) in [4.78, 5) is 19.0. The molecule has 0 aromatic heterocycles. The summed E-state index contributed by atoms with van der Waals surface area (Å²) in [6.45, 7) is 8.64. The van der Waals surface area contributed by atoms with Crippen LogP contribution in [0.3, 0.4) is 0 Å². The molecule has 8 heteroatoms. The first-order chi connectivity index (χ1) is 14.5. The first-order valence-corrected chi connectivity index (χ1v) is 11.3. The summed E-state index contributed by atoms with van der Waals surface area (Å²) >= 11 is 0. The predicted molar refractivity (Wildman–Crippen MR) is 135 cm³/mol. The number of likely N-dealkylation sites (tertiary alicyclic amines) is 1. The molecule has 174 valence electrons. The van der Waals surface area contributed by atoms with Crippen molar-refractivity contribution in [2.75, 3.05) is 39.3 Å². The van der Waals surface area contributed by atoms with Crippen LogP contribution >= 0.6 is 24.0 Å². The van der Waals surface area contributed by atoms with Crippen LogP contribution in [0.2, 0.25) is 0 Å². The maximum absolute atomic E-state index is 13.6. The van der Waals surface area contributed by atoms with Crippen molar-refractivity contribution in [1.82, 2.24) is 20.9 Å². The van der Waals surface area contributed by atoms with Crippen LogP contribution in [0.15, 0.2) is 29.3 Å². The van der Waals surface area contributed by atoms with Crippen LogP contribution < -0.4 is 16.0 Å². The zero-order valence-corrected chi connectivity index (χ0v) is 21.1. The fourth-order valence-corrected chi connectivity index (χ4v) is 4.01. The van der Waals surface area contributed by atoms with E-state index in [2.05, 4.69) is 34.7 Å². The van der Waals surface area contributed by atoms with Crippen molar-refractivity contribution in [2.24, 2.45) is 4.99 Å². The summed E-state index contributed by atoms with van der Waals surface area (Å²) in [5.74, 6) is 0.771. The third-order valence-corrected chi connectivity index (χ3v) is 6.04.